The number of hydrogen-bond donors (Lipinski definition) is 2. The van der Waals surface area contributed by atoms with E-state index in [0.29, 0.717) is 19.6 Å². The summed E-state index contributed by atoms with van der Waals surface area (Å²) in [6.07, 6.45) is 1.41. The maximum Gasteiger partial charge on any atom is 0.323 e. The van der Waals surface area contributed by atoms with Crippen LogP contribution >= 0.6 is 0 Å². The van der Waals surface area contributed by atoms with Gasteiger partial charge in [-0.05, 0) is 47.0 Å². The molecule has 2 N–H and O–H groups in total. The van der Waals surface area contributed by atoms with Gasteiger partial charge in [-0.2, -0.15) is 0 Å². The SMILES string of the molecule is COCCC(C)(NCCCN(C)C)C(=O)O. The molecule has 1 atom stereocenters. The van der Waals surface area contributed by atoms with Crippen molar-refractivity contribution in [2.24, 2.45) is 0 Å². The van der Waals surface area contributed by atoms with Gasteiger partial charge in [0.1, 0.15) is 5.54 Å². The second kappa shape index (κ2) is 7.60. The van der Waals surface area contributed by atoms with Gasteiger partial charge in [0.05, 0.1) is 0 Å². The van der Waals surface area contributed by atoms with Crippen molar-refractivity contribution in [2.45, 2.75) is 25.3 Å². The van der Waals surface area contributed by atoms with Crippen LogP contribution in [-0.2, 0) is 9.53 Å². The lowest BCUT2D eigenvalue weighted by molar-refractivity contribution is -0.145. The maximum atomic E-state index is 11.1. The van der Waals surface area contributed by atoms with Gasteiger partial charge in [0, 0.05) is 13.7 Å². The van der Waals surface area contributed by atoms with E-state index in [1.807, 2.05) is 14.1 Å². The van der Waals surface area contributed by atoms with E-state index in [1.165, 1.54) is 0 Å². The number of rotatable bonds is 9. The highest BCUT2D eigenvalue weighted by Crippen LogP contribution is 2.10. The van der Waals surface area contributed by atoms with Gasteiger partial charge in [-0.25, -0.2) is 0 Å². The van der Waals surface area contributed by atoms with E-state index in [9.17, 15) is 4.79 Å². The van der Waals surface area contributed by atoms with Crippen molar-refractivity contribution in [1.82, 2.24) is 10.2 Å². The van der Waals surface area contributed by atoms with E-state index < -0.39 is 11.5 Å². The lowest BCUT2D eigenvalue weighted by Crippen LogP contribution is -2.50. The zero-order valence-corrected chi connectivity index (χ0v) is 10.7. The van der Waals surface area contributed by atoms with Crippen LogP contribution in [0.1, 0.15) is 19.8 Å². The predicted octanol–water partition coefficient (Wildman–Crippen LogP) is 0.408. The molecule has 96 valence electrons. The third-order valence-corrected chi connectivity index (χ3v) is 2.58. The van der Waals surface area contributed by atoms with Crippen molar-refractivity contribution in [3.05, 3.63) is 0 Å². The van der Waals surface area contributed by atoms with Gasteiger partial charge in [-0.15, -0.1) is 0 Å². The number of carbonyl (C=O) groups is 1. The maximum absolute atomic E-state index is 11.1. The number of nitrogens with zero attached hydrogens (tertiary/aromatic N) is 1. The smallest absolute Gasteiger partial charge is 0.323 e. The van der Waals surface area contributed by atoms with Crippen molar-refractivity contribution in [2.75, 3.05) is 40.9 Å². The number of ether oxygens (including phenoxy) is 1. The summed E-state index contributed by atoms with van der Waals surface area (Å²) in [6.45, 7) is 3.80. The number of nitrogens with one attached hydrogen (secondary N) is 1. The molecule has 0 aromatic carbocycles. The summed E-state index contributed by atoms with van der Waals surface area (Å²) < 4.78 is 4.92. The van der Waals surface area contributed by atoms with E-state index in [2.05, 4.69) is 10.2 Å². The number of methoxy groups -OCH3 is 1. The van der Waals surface area contributed by atoms with Gasteiger partial charge >= 0.3 is 5.97 Å². The van der Waals surface area contributed by atoms with Crippen molar-refractivity contribution in [3.8, 4) is 0 Å². The third-order valence-electron chi connectivity index (χ3n) is 2.58. The van der Waals surface area contributed by atoms with E-state index in [0.717, 1.165) is 13.0 Å². The van der Waals surface area contributed by atoms with Gasteiger partial charge < -0.3 is 20.1 Å². The van der Waals surface area contributed by atoms with Crippen LogP contribution in [0.15, 0.2) is 0 Å². The van der Waals surface area contributed by atoms with Crippen LogP contribution < -0.4 is 5.32 Å². The van der Waals surface area contributed by atoms with E-state index in [-0.39, 0.29) is 0 Å². The minimum atomic E-state index is -0.887. The standard InChI is InChI=1S/C11H24N2O3/c1-11(10(14)15,6-9-16-4)12-7-5-8-13(2)3/h12H,5-9H2,1-4H3,(H,14,15). The first kappa shape index (κ1) is 15.3. The summed E-state index contributed by atoms with van der Waals surface area (Å²) in [5.74, 6) is -0.825. The minimum absolute atomic E-state index is 0.448. The summed E-state index contributed by atoms with van der Waals surface area (Å²) in [5, 5.41) is 12.2. The van der Waals surface area contributed by atoms with Gasteiger partial charge in [-0.3, -0.25) is 4.79 Å². The molecule has 0 aromatic heterocycles. The molecular formula is C11H24N2O3. The van der Waals surface area contributed by atoms with Crippen LogP contribution in [0.2, 0.25) is 0 Å². The quantitative estimate of drug-likeness (QED) is 0.564. The first-order chi connectivity index (χ1) is 7.42. The molecule has 0 saturated heterocycles. The fourth-order valence-electron chi connectivity index (χ4n) is 1.34. The molecule has 0 rings (SSSR count). The predicted molar refractivity (Wildman–Crippen MR) is 63.7 cm³/mol. The highest BCUT2D eigenvalue weighted by atomic mass is 16.5. The molecule has 0 bridgehead atoms. The highest BCUT2D eigenvalue weighted by molar-refractivity contribution is 5.78. The molecule has 16 heavy (non-hydrogen) atoms. The Balaban J connectivity index is 3.98. The van der Waals surface area contributed by atoms with Crippen molar-refractivity contribution < 1.29 is 14.6 Å². The largest absolute Gasteiger partial charge is 0.480 e. The molecule has 0 heterocycles. The van der Waals surface area contributed by atoms with Crippen LogP contribution in [0, 0.1) is 0 Å². The van der Waals surface area contributed by atoms with Crippen LogP contribution in [0.3, 0.4) is 0 Å². The summed E-state index contributed by atoms with van der Waals surface area (Å²) in [5.41, 5.74) is -0.887. The third kappa shape index (κ3) is 6.05. The fourth-order valence-corrected chi connectivity index (χ4v) is 1.34. The normalized spacial score (nSPS) is 15.1. The molecule has 0 spiro atoms. The zero-order chi connectivity index (χ0) is 12.6. The molecule has 1 unspecified atom stereocenters. The summed E-state index contributed by atoms with van der Waals surface area (Å²) in [6, 6.07) is 0. The Hall–Kier alpha value is -0.650. The zero-order valence-electron chi connectivity index (χ0n) is 10.7. The van der Waals surface area contributed by atoms with Crippen LogP contribution in [-0.4, -0.2) is 62.4 Å². The first-order valence-corrected chi connectivity index (χ1v) is 5.54. The summed E-state index contributed by atoms with van der Waals surface area (Å²) in [7, 11) is 5.58. The molecule has 5 nitrogen and oxygen atoms in total. The van der Waals surface area contributed by atoms with Crippen LogP contribution in [0.4, 0.5) is 0 Å². The Labute approximate surface area is 97.8 Å². The molecule has 0 fully saturated rings. The molecule has 0 aliphatic heterocycles. The van der Waals surface area contributed by atoms with Crippen LogP contribution in [0.5, 0.6) is 0 Å². The van der Waals surface area contributed by atoms with Crippen molar-refractivity contribution >= 4 is 5.97 Å². The highest BCUT2D eigenvalue weighted by Gasteiger charge is 2.31. The minimum Gasteiger partial charge on any atom is -0.480 e. The number of aliphatic carboxylic acids is 1. The molecular weight excluding hydrogens is 208 g/mol. The van der Waals surface area contributed by atoms with E-state index >= 15 is 0 Å². The van der Waals surface area contributed by atoms with Gasteiger partial charge in [0.25, 0.3) is 0 Å². The molecule has 0 aliphatic rings. The molecule has 0 aliphatic carbocycles. The number of carboxylic acids is 1. The monoisotopic (exact) mass is 232 g/mol. The average molecular weight is 232 g/mol. The molecule has 0 aromatic rings. The van der Waals surface area contributed by atoms with Crippen LogP contribution in [0.25, 0.3) is 0 Å². The van der Waals surface area contributed by atoms with E-state index in [4.69, 9.17) is 9.84 Å². The second-order valence-electron chi connectivity index (χ2n) is 4.46. The Morgan fingerprint density at radius 2 is 2.12 bits per heavy atom. The average Bonchev–Trinajstić information content (AvgIpc) is 2.21. The molecule has 5 heteroatoms. The second-order valence-corrected chi connectivity index (χ2v) is 4.46. The lowest BCUT2D eigenvalue weighted by Gasteiger charge is -2.26. The fraction of sp³-hybridized carbons (Fsp3) is 0.909. The lowest BCUT2D eigenvalue weighted by atomic mass is 9.98. The Bertz CT molecular complexity index is 209. The summed E-state index contributed by atoms with van der Waals surface area (Å²) >= 11 is 0. The molecule has 0 radical (unpaired) electrons. The summed E-state index contributed by atoms with van der Waals surface area (Å²) in [4.78, 5) is 13.2. The van der Waals surface area contributed by atoms with E-state index in [1.54, 1.807) is 14.0 Å². The van der Waals surface area contributed by atoms with Crippen molar-refractivity contribution in [1.29, 1.82) is 0 Å². The Kier molecular flexibility index (Phi) is 7.29. The van der Waals surface area contributed by atoms with Crippen molar-refractivity contribution in [3.63, 3.8) is 0 Å². The Morgan fingerprint density at radius 3 is 2.56 bits per heavy atom. The van der Waals surface area contributed by atoms with Gasteiger partial charge in [0.2, 0.25) is 0 Å². The Morgan fingerprint density at radius 1 is 1.50 bits per heavy atom. The van der Waals surface area contributed by atoms with Gasteiger partial charge in [-0.1, -0.05) is 0 Å². The first-order valence-electron chi connectivity index (χ1n) is 5.54. The molecule has 0 amide bonds. The topological polar surface area (TPSA) is 61.8 Å². The van der Waals surface area contributed by atoms with Gasteiger partial charge in [0.15, 0.2) is 0 Å². The number of carboxylic acid groups (broad SMARTS) is 1. The molecule has 0 saturated carbocycles. The number of hydrogen-bond acceptors (Lipinski definition) is 4.